The van der Waals surface area contributed by atoms with Gasteiger partial charge in [0.15, 0.2) is 6.10 Å². The Balaban J connectivity index is 4.59. The fraction of sp³-hybridized carbons (Fsp3) is 0.609. The fourth-order valence-corrected chi connectivity index (χ4v) is 5.56. The zero-order chi connectivity index (χ0) is 41.4. The molecule has 318 valence electrons. The molecule has 0 radical (unpaired) electrons. The van der Waals surface area contributed by atoms with Crippen molar-refractivity contribution in [3.05, 3.63) is 97.2 Å². The number of hydrogen-bond acceptors (Lipinski definition) is 7. The van der Waals surface area contributed by atoms with Crippen molar-refractivity contribution in [1.29, 1.82) is 0 Å². The third kappa shape index (κ3) is 40.6. The average Bonchev–Trinajstić information content (AvgIpc) is 3.15. The first-order valence-corrected chi connectivity index (χ1v) is 22.5. The van der Waals surface area contributed by atoms with Gasteiger partial charge in [0.2, 0.25) is 0 Å². The number of carbonyl (C=O) groups excluding carboxylic acids is 2. The van der Waals surface area contributed by atoms with Gasteiger partial charge in [0.25, 0.3) is 0 Å². The van der Waals surface area contributed by atoms with E-state index in [1.54, 1.807) is 0 Å². The zero-order valence-electron chi connectivity index (χ0n) is 35.6. The number of unbranched alkanes of at least 4 members (excludes halogenated alkanes) is 6. The van der Waals surface area contributed by atoms with Gasteiger partial charge in [0, 0.05) is 12.8 Å². The standard InChI is InChI=1S/C46H76NO8P/c1-6-8-10-12-14-16-18-20-22-23-25-27-29-31-33-35-37-39-46(49)55-44(43-54-56(50,51)53-41-40-47(3,4)5)42-52-45(48)38-36-34-32-30-28-26-24-21-19-17-15-13-11-9-7-2/h9,11,14-17,20-22,24-25,27-28,30-31,33,44H,6-8,10,12-13,18-19,23,26,29,32,34-43H2,1-5H3/p+1/b11-9+,16-14+,17-15+,22-20+,24-21+,27-25+,30-28+,33-31+/t44-/m1/s1. The number of phosphoric ester groups is 1. The Morgan fingerprint density at radius 1 is 0.571 bits per heavy atom. The van der Waals surface area contributed by atoms with Gasteiger partial charge in [-0.15, -0.1) is 0 Å². The molecule has 1 N–H and O–H groups in total. The second kappa shape index (κ2) is 37.5. The Morgan fingerprint density at radius 3 is 1.50 bits per heavy atom. The number of esters is 2. The number of hydrogen-bond donors (Lipinski definition) is 1. The van der Waals surface area contributed by atoms with E-state index in [4.69, 9.17) is 18.5 Å². The van der Waals surface area contributed by atoms with Crippen molar-refractivity contribution in [2.75, 3.05) is 47.5 Å². The summed E-state index contributed by atoms with van der Waals surface area (Å²) in [7, 11) is 1.40. The van der Waals surface area contributed by atoms with Crippen LogP contribution in [0, 0.1) is 0 Å². The van der Waals surface area contributed by atoms with E-state index in [2.05, 4.69) is 105 Å². The molecule has 9 nitrogen and oxygen atoms in total. The Kier molecular flexibility index (Phi) is 35.4. The second-order valence-corrected chi connectivity index (χ2v) is 16.1. The molecule has 0 bridgehead atoms. The molecule has 56 heavy (non-hydrogen) atoms. The molecule has 1 unspecified atom stereocenters. The summed E-state index contributed by atoms with van der Waals surface area (Å²) in [5.41, 5.74) is 0. The number of nitrogens with zero attached hydrogens (tertiary/aromatic N) is 1. The average molecular weight is 803 g/mol. The number of carbonyl (C=O) groups is 2. The van der Waals surface area contributed by atoms with Crippen LogP contribution in [-0.2, 0) is 32.7 Å². The normalized spacial score (nSPS) is 14.6. The maximum absolute atomic E-state index is 12.6. The summed E-state index contributed by atoms with van der Waals surface area (Å²) in [5, 5.41) is 0. The van der Waals surface area contributed by atoms with E-state index in [9.17, 15) is 19.0 Å². The number of allylic oxidation sites excluding steroid dienone is 16. The smallest absolute Gasteiger partial charge is 0.462 e. The van der Waals surface area contributed by atoms with Crippen LogP contribution in [0.3, 0.4) is 0 Å². The Bertz CT molecular complexity index is 1270. The minimum absolute atomic E-state index is 0.00904. The van der Waals surface area contributed by atoms with Gasteiger partial charge in [-0.25, -0.2) is 4.57 Å². The van der Waals surface area contributed by atoms with Crippen molar-refractivity contribution in [2.45, 2.75) is 136 Å². The summed E-state index contributed by atoms with van der Waals surface area (Å²) in [6.07, 6.45) is 49.0. The van der Waals surface area contributed by atoms with Crippen molar-refractivity contribution in [3.63, 3.8) is 0 Å². The number of likely N-dealkylation sites (N-methyl/N-ethyl adjacent to an activating group) is 1. The van der Waals surface area contributed by atoms with Gasteiger partial charge in [-0.05, 0) is 89.9 Å². The molecular formula is C46H77NO8P+. The summed E-state index contributed by atoms with van der Waals surface area (Å²) < 4.78 is 34.1. The highest BCUT2D eigenvalue weighted by Crippen LogP contribution is 2.43. The topological polar surface area (TPSA) is 108 Å². The van der Waals surface area contributed by atoms with Crippen LogP contribution in [0.1, 0.15) is 129 Å². The Morgan fingerprint density at radius 2 is 1.02 bits per heavy atom. The monoisotopic (exact) mass is 803 g/mol. The number of quaternary nitrogens is 1. The fourth-order valence-electron chi connectivity index (χ4n) is 4.82. The van der Waals surface area contributed by atoms with E-state index in [1.807, 2.05) is 27.2 Å². The number of ether oxygens (including phenoxy) is 2. The first-order valence-electron chi connectivity index (χ1n) is 21.0. The van der Waals surface area contributed by atoms with Gasteiger partial charge in [-0.3, -0.25) is 18.6 Å². The summed E-state index contributed by atoms with van der Waals surface area (Å²) >= 11 is 0. The van der Waals surface area contributed by atoms with Crippen LogP contribution in [0.25, 0.3) is 0 Å². The first kappa shape index (κ1) is 52.9. The molecule has 2 atom stereocenters. The van der Waals surface area contributed by atoms with Crippen LogP contribution >= 0.6 is 7.82 Å². The molecule has 0 aromatic carbocycles. The predicted octanol–water partition coefficient (Wildman–Crippen LogP) is 11.8. The molecular weight excluding hydrogens is 725 g/mol. The summed E-state index contributed by atoms with van der Waals surface area (Å²) in [6, 6.07) is 0. The van der Waals surface area contributed by atoms with E-state index in [1.165, 1.54) is 25.7 Å². The Hall–Kier alpha value is -3.07. The molecule has 0 aliphatic carbocycles. The molecule has 0 spiro atoms. The lowest BCUT2D eigenvalue weighted by molar-refractivity contribution is -0.870. The predicted molar refractivity (Wildman–Crippen MR) is 233 cm³/mol. The third-order valence-electron chi connectivity index (χ3n) is 8.10. The SMILES string of the molecule is CC/C=C/C/C=C/C/C=C/C/C=C/CCCCC(=O)OC[C@H](COP(=O)(O)OCC[N+](C)(C)C)OC(=O)CCC/C=C/C/C=C/C/C=C/C/C=C/CCCCC. The minimum Gasteiger partial charge on any atom is -0.462 e. The summed E-state index contributed by atoms with van der Waals surface area (Å²) in [5.74, 6) is -0.926. The maximum atomic E-state index is 12.6. The zero-order valence-corrected chi connectivity index (χ0v) is 36.5. The van der Waals surface area contributed by atoms with E-state index in [-0.39, 0.29) is 26.1 Å². The van der Waals surface area contributed by atoms with Gasteiger partial charge in [-0.1, -0.05) is 124 Å². The van der Waals surface area contributed by atoms with Crippen LogP contribution in [-0.4, -0.2) is 74.9 Å². The third-order valence-corrected chi connectivity index (χ3v) is 9.08. The van der Waals surface area contributed by atoms with Crippen LogP contribution in [0.5, 0.6) is 0 Å². The van der Waals surface area contributed by atoms with E-state index >= 15 is 0 Å². The first-order chi connectivity index (χ1) is 27.0. The molecule has 0 fully saturated rings. The van der Waals surface area contributed by atoms with Gasteiger partial charge < -0.3 is 18.9 Å². The van der Waals surface area contributed by atoms with Gasteiger partial charge in [-0.2, -0.15) is 0 Å². The minimum atomic E-state index is -4.40. The van der Waals surface area contributed by atoms with E-state index in [0.717, 1.165) is 57.8 Å². The van der Waals surface area contributed by atoms with Crippen molar-refractivity contribution in [2.24, 2.45) is 0 Å². The highest BCUT2D eigenvalue weighted by atomic mass is 31.2. The molecule has 0 rings (SSSR count). The van der Waals surface area contributed by atoms with E-state index < -0.39 is 32.5 Å². The molecule has 0 saturated carbocycles. The van der Waals surface area contributed by atoms with Crippen LogP contribution in [0.15, 0.2) is 97.2 Å². The molecule has 0 aromatic heterocycles. The quantitative estimate of drug-likeness (QED) is 0.0219. The van der Waals surface area contributed by atoms with Crippen molar-refractivity contribution in [3.8, 4) is 0 Å². The molecule has 0 amide bonds. The van der Waals surface area contributed by atoms with Crippen LogP contribution in [0.4, 0.5) is 0 Å². The molecule has 0 aliphatic rings. The van der Waals surface area contributed by atoms with E-state index in [0.29, 0.717) is 30.3 Å². The molecule has 0 aliphatic heterocycles. The van der Waals surface area contributed by atoms with Crippen molar-refractivity contribution < 1.29 is 42.1 Å². The van der Waals surface area contributed by atoms with Crippen LogP contribution in [0.2, 0.25) is 0 Å². The lowest BCUT2D eigenvalue weighted by Gasteiger charge is -2.24. The summed E-state index contributed by atoms with van der Waals surface area (Å²) in [4.78, 5) is 35.3. The Labute approximate surface area is 341 Å². The maximum Gasteiger partial charge on any atom is 0.472 e. The van der Waals surface area contributed by atoms with Crippen molar-refractivity contribution in [1.82, 2.24) is 0 Å². The summed E-state index contributed by atoms with van der Waals surface area (Å²) in [6.45, 7) is 4.13. The van der Waals surface area contributed by atoms with Gasteiger partial charge in [0.05, 0.1) is 27.7 Å². The molecule has 0 aromatic rings. The van der Waals surface area contributed by atoms with Crippen LogP contribution < -0.4 is 0 Å². The highest BCUT2D eigenvalue weighted by Gasteiger charge is 2.27. The van der Waals surface area contributed by atoms with Gasteiger partial charge in [0.1, 0.15) is 19.8 Å². The second-order valence-electron chi connectivity index (χ2n) is 14.6. The number of phosphoric acid groups is 1. The lowest BCUT2D eigenvalue weighted by Crippen LogP contribution is -2.37. The largest absolute Gasteiger partial charge is 0.472 e. The molecule has 0 heterocycles. The van der Waals surface area contributed by atoms with Crippen molar-refractivity contribution >= 4 is 19.8 Å². The highest BCUT2D eigenvalue weighted by molar-refractivity contribution is 7.47. The molecule has 10 heteroatoms. The molecule has 0 saturated heterocycles. The lowest BCUT2D eigenvalue weighted by atomic mass is 10.2. The van der Waals surface area contributed by atoms with Gasteiger partial charge >= 0.3 is 19.8 Å². The number of rotatable bonds is 36.